The van der Waals surface area contributed by atoms with Gasteiger partial charge in [-0.3, -0.25) is 9.10 Å². The molecule has 0 saturated carbocycles. The third-order valence-electron chi connectivity index (χ3n) is 6.26. The van der Waals surface area contributed by atoms with Gasteiger partial charge >= 0.3 is 0 Å². The fourth-order valence-electron chi connectivity index (χ4n) is 4.34. The number of benzene rings is 4. The van der Waals surface area contributed by atoms with Crippen LogP contribution in [0.4, 0.5) is 5.69 Å². The number of rotatable bonds is 6. The van der Waals surface area contributed by atoms with Crippen LogP contribution in [0.15, 0.2) is 89.8 Å². The summed E-state index contributed by atoms with van der Waals surface area (Å²) < 4.78 is 39.7. The van der Waals surface area contributed by atoms with Gasteiger partial charge in [0.2, 0.25) is 0 Å². The molecule has 4 aromatic carbocycles. The van der Waals surface area contributed by atoms with Crippen LogP contribution in [-0.2, 0) is 21.4 Å². The van der Waals surface area contributed by atoms with E-state index < -0.39 is 16.1 Å². The number of nitrogens with one attached hydrogen (secondary N) is 1. The average molecular weight is 503 g/mol. The van der Waals surface area contributed by atoms with Crippen molar-refractivity contribution in [1.82, 2.24) is 5.32 Å². The van der Waals surface area contributed by atoms with Crippen molar-refractivity contribution in [1.29, 1.82) is 0 Å². The topological polar surface area (TPSA) is 84.9 Å². The van der Waals surface area contributed by atoms with Crippen LogP contribution in [-0.4, -0.2) is 34.1 Å². The van der Waals surface area contributed by atoms with Gasteiger partial charge < -0.3 is 14.8 Å². The number of nitrogens with zero attached hydrogens (tertiary/aromatic N) is 1. The molecule has 1 N–H and O–H groups in total. The van der Waals surface area contributed by atoms with Crippen LogP contribution < -0.4 is 19.1 Å². The van der Waals surface area contributed by atoms with Crippen LogP contribution in [0, 0.1) is 6.92 Å². The molecule has 1 atom stereocenters. The van der Waals surface area contributed by atoms with Gasteiger partial charge in [0, 0.05) is 6.54 Å². The molecule has 0 saturated heterocycles. The van der Waals surface area contributed by atoms with Crippen LogP contribution in [0.2, 0.25) is 0 Å². The molecule has 7 nitrogen and oxygen atoms in total. The Morgan fingerprint density at radius 3 is 2.56 bits per heavy atom. The molecular weight excluding hydrogens is 476 g/mol. The Hall–Kier alpha value is -4.04. The highest BCUT2D eigenvalue weighted by Crippen LogP contribution is 2.38. The van der Waals surface area contributed by atoms with Gasteiger partial charge in [-0.1, -0.05) is 48.5 Å². The monoisotopic (exact) mass is 502 g/mol. The second-order valence-electron chi connectivity index (χ2n) is 8.65. The Kier molecular flexibility index (Phi) is 6.28. The summed E-state index contributed by atoms with van der Waals surface area (Å²) in [6, 6.07) is 25.3. The number of hydrogen-bond donors (Lipinski definition) is 1. The second-order valence-corrected chi connectivity index (χ2v) is 10.5. The molecule has 0 aliphatic carbocycles. The van der Waals surface area contributed by atoms with Gasteiger partial charge in [-0.25, -0.2) is 8.42 Å². The van der Waals surface area contributed by atoms with Crippen molar-refractivity contribution in [2.75, 3.05) is 18.0 Å². The van der Waals surface area contributed by atoms with E-state index in [-0.39, 0.29) is 17.3 Å². The quantitative estimate of drug-likeness (QED) is 0.422. The van der Waals surface area contributed by atoms with Crippen molar-refractivity contribution in [3.8, 4) is 11.5 Å². The molecule has 0 spiro atoms. The lowest BCUT2D eigenvalue weighted by atomic mass is 10.0. The first kappa shape index (κ1) is 23.7. The fourth-order valence-corrected chi connectivity index (χ4v) is 5.82. The first-order chi connectivity index (χ1) is 17.4. The number of sulfonamides is 1. The summed E-state index contributed by atoms with van der Waals surface area (Å²) in [6.07, 6.45) is -1.01. The number of ether oxygens (including phenoxy) is 2. The zero-order chi connectivity index (χ0) is 25.3. The summed E-state index contributed by atoms with van der Waals surface area (Å²) in [5, 5.41) is 5.06. The number of amides is 1. The third kappa shape index (κ3) is 4.47. The molecule has 36 heavy (non-hydrogen) atoms. The predicted molar refractivity (Wildman–Crippen MR) is 139 cm³/mol. The van der Waals surface area contributed by atoms with Crippen LogP contribution in [0.25, 0.3) is 10.8 Å². The van der Waals surface area contributed by atoms with E-state index in [4.69, 9.17) is 9.47 Å². The smallest absolute Gasteiger partial charge is 0.264 e. The Labute approximate surface area is 210 Å². The summed E-state index contributed by atoms with van der Waals surface area (Å²) in [5.41, 5.74) is 2.26. The standard InChI is InChI=1S/C28H26N2O5S/c1-19-10-15-25-26(16-19)35-27(18-30(25)36(32,33)23-13-11-22(34-2)12-14-23)28(31)29-17-21-8-5-7-20-6-3-4-9-24(20)21/h3-16,27H,17-18H2,1-2H3,(H,29,31)/t27-/m1/s1. The van der Waals surface area contributed by atoms with Gasteiger partial charge in [-0.15, -0.1) is 0 Å². The first-order valence-corrected chi connectivity index (χ1v) is 13.0. The zero-order valence-electron chi connectivity index (χ0n) is 20.0. The Morgan fingerprint density at radius 1 is 1.03 bits per heavy atom. The zero-order valence-corrected chi connectivity index (χ0v) is 20.8. The normalized spacial score (nSPS) is 15.2. The van der Waals surface area contributed by atoms with E-state index >= 15 is 0 Å². The molecule has 1 amide bonds. The molecule has 0 aromatic heterocycles. The van der Waals surface area contributed by atoms with Gasteiger partial charge in [0.15, 0.2) is 6.10 Å². The van der Waals surface area contributed by atoms with E-state index in [0.717, 1.165) is 21.9 Å². The number of carbonyl (C=O) groups excluding carboxylic acids is 1. The van der Waals surface area contributed by atoms with Crippen molar-refractivity contribution in [3.63, 3.8) is 0 Å². The SMILES string of the molecule is COc1ccc(S(=O)(=O)N2C[C@H](C(=O)NCc3cccc4ccccc34)Oc3cc(C)ccc32)cc1. The Bertz CT molecular complexity index is 1530. The first-order valence-electron chi connectivity index (χ1n) is 11.6. The third-order valence-corrected chi connectivity index (χ3v) is 8.05. The lowest BCUT2D eigenvalue weighted by Crippen LogP contribution is -2.50. The molecule has 4 aromatic rings. The number of fused-ring (bicyclic) bond motifs is 2. The van der Waals surface area contributed by atoms with Crippen LogP contribution in [0.5, 0.6) is 11.5 Å². The van der Waals surface area contributed by atoms with E-state index in [0.29, 0.717) is 23.7 Å². The Morgan fingerprint density at radius 2 is 1.78 bits per heavy atom. The Balaban J connectivity index is 1.42. The van der Waals surface area contributed by atoms with Gasteiger partial charge in [-0.05, 0) is 65.2 Å². The van der Waals surface area contributed by atoms with Gasteiger partial charge in [-0.2, -0.15) is 0 Å². The minimum atomic E-state index is -3.96. The maximum absolute atomic E-state index is 13.6. The van der Waals surface area contributed by atoms with Crippen LogP contribution in [0.1, 0.15) is 11.1 Å². The molecule has 5 rings (SSSR count). The van der Waals surface area contributed by atoms with Crippen molar-refractivity contribution in [2.45, 2.75) is 24.5 Å². The van der Waals surface area contributed by atoms with Crippen LogP contribution >= 0.6 is 0 Å². The summed E-state index contributed by atoms with van der Waals surface area (Å²) >= 11 is 0. The van der Waals surface area contributed by atoms with Crippen molar-refractivity contribution >= 4 is 32.4 Å². The summed E-state index contributed by atoms with van der Waals surface area (Å²) in [7, 11) is -2.44. The molecule has 0 bridgehead atoms. The molecule has 1 aliphatic rings. The van der Waals surface area contributed by atoms with Gasteiger partial charge in [0.1, 0.15) is 11.5 Å². The van der Waals surface area contributed by atoms with E-state index in [1.54, 1.807) is 24.3 Å². The maximum Gasteiger partial charge on any atom is 0.264 e. The fraction of sp³-hybridized carbons (Fsp3) is 0.179. The lowest BCUT2D eigenvalue weighted by Gasteiger charge is -2.35. The minimum absolute atomic E-state index is 0.103. The minimum Gasteiger partial charge on any atom is -0.497 e. The molecule has 1 aliphatic heterocycles. The molecule has 1 heterocycles. The van der Waals surface area contributed by atoms with E-state index in [1.165, 1.54) is 23.5 Å². The average Bonchev–Trinajstić information content (AvgIpc) is 2.90. The van der Waals surface area contributed by atoms with Crippen molar-refractivity contribution in [3.05, 3.63) is 96.1 Å². The van der Waals surface area contributed by atoms with Crippen LogP contribution in [0.3, 0.4) is 0 Å². The van der Waals surface area contributed by atoms with Gasteiger partial charge in [0.05, 0.1) is 24.2 Å². The molecular formula is C28H26N2O5S. The number of anilines is 1. The van der Waals surface area contributed by atoms with E-state index in [2.05, 4.69) is 5.32 Å². The highest BCUT2D eigenvalue weighted by atomic mass is 32.2. The molecule has 0 radical (unpaired) electrons. The second kappa shape index (κ2) is 9.54. The lowest BCUT2D eigenvalue weighted by molar-refractivity contribution is -0.127. The largest absolute Gasteiger partial charge is 0.497 e. The van der Waals surface area contributed by atoms with Crippen molar-refractivity contribution in [2.24, 2.45) is 0 Å². The van der Waals surface area contributed by atoms with Crippen molar-refractivity contribution < 1.29 is 22.7 Å². The van der Waals surface area contributed by atoms with Gasteiger partial charge in [0.25, 0.3) is 15.9 Å². The maximum atomic E-state index is 13.6. The summed E-state index contributed by atoms with van der Waals surface area (Å²) in [6.45, 7) is 2.04. The highest BCUT2D eigenvalue weighted by molar-refractivity contribution is 7.92. The van der Waals surface area contributed by atoms with E-state index in [1.807, 2.05) is 55.5 Å². The number of aryl methyl sites for hydroxylation is 1. The molecule has 8 heteroatoms. The number of hydrogen-bond acceptors (Lipinski definition) is 5. The molecule has 184 valence electrons. The van der Waals surface area contributed by atoms with E-state index in [9.17, 15) is 13.2 Å². The number of carbonyl (C=O) groups is 1. The summed E-state index contributed by atoms with van der Waals surface area (Å²) in [4.78, 5) is 13.3. The molecule has 0 fully saturated rings. The summed E-state index contributed by atoms with van der Waals surface area (Å²) in [5.74, 6) is 0.520. The molecule has 0 unspecified atom stereocenters. The predicted octanol–water partition coefficient (Wildman–Crippen LogP) is 4.43. The number of methoxy groups -OCH3 is 1. The highest BCUT2D eigenvalue weighted by Gasteiger charge is 2.37.